The van der Waals surface area contributed by atoms with E-state index in [0.29, 0.717) is 49.0 Å². The Morgan fingerprint density at radius 1 is 1.16 bits per heavy atom. The lowest BCUT2D eigenvalue weighted by Crippen LogP contribution is -2.45. The smallest absolute Gasteiger partial charge is 0.382 e. The third-order valence-electron chi connectivity index (χ3n) is 6.49. The van der Waals surface area contributed by atoms with Gasteiger partial charge in [0.25, 0.3) is 0 Å². The molecule has 37 heavy (non-hydrogen) atoms. The number of nitrogens with one attached hydrogen (secondary N) is 1. The van der Waals surface area contributed by atoms with Gasteiger partial charge in [0.05, 0.1) is 36.9 Å². The number of methoxy groups -OCH3 is 1. The van der Waals surface area contributed by atoms with E-state index in [1.807, 2.05) is 4.90 Å². The SMILES string of the molecule is COCCO[C@H]1CSc2c(-c3ccc(F)cc3)c(C(F)(F)F)cc3c(N4CCNCC4)nc(=O)n(c23)C1. The molecule has 2 aliphatic rings. The Bertz CT molecular complexity index is 1340. The van der Waals surface area contributed by atoms with Crippen molar-refractivity contribution in [1.82, 2.24) is 14.9 Å². The van der Waals surface area contributed by atoms with E-state index in [4.69, 9.17) is 9.47 Å². The van der Waals surface area contributed by atoms with Crippen LogP contribution in [0.5, 0.6) is 0 Å². The molecule has 7 nitrogen and oxygen atoms in total. The third-order valence-corrected chi connectivity index (χ3v) is 7.72. The van der Waals surface area contributed by atoms with Crippen molar-refractivity contribution in [2.75, 3.05) is 57.2 Å². The first-order valence-corrected chi connectivity index (χ1v) is 12.9. The van der Waals surface area contributed by atoms with Crippen molar-refractivity contribution in [3.63, 3.8) is 0 Å². The molecule has 1 atom stereocenters. The van der Waals surface area contributed by atoms with Gasteiger partial charge < -0.3 is 19.7 Å². The predicted octanol–water partition coefficient (Wildman–Crippen LogP) is 3.77. The molecule has 3 aromatic rings. The Hall–Kier alpha value is -2.67. The van der Waals surface area contributed by atoms with Gasteiger partial charge in [0, 0.05) is 54.9 Å². The second-order valence-electron chi connectivity index (χ2n) is 8.89. The maximum absolute atomic E-state index is 14.6. The van der Waals surface area contributed by atoms with Crippen molar-refractivity contribution in [3.8, 4) is 11.1 Å². The minimum absolute atomic E-state index is 0.0758. The van der Waals surface area contributed by atoms with Crippen LogP contribution in [-0.4, -0.2) is 67.9 Å². The highest BCUT2D eigenvalue weighted by Crippen LogP contribution is 2.48. The molecule has 1 aromatic heterocycles. The van der Waals surface area contributed by atoms with Gasteiger partial charge in [-0.05, 0) is 23.8 Å². The monoisotopic (exact) mass is 538 g/mol. The van der Waals surface area contributed by atoms with Crippen LogP contribution in [0.2, 0.25) is 0 Å². The normalized spacial score (nSPS) is 18.3. The van der Waals surface area contributed by atoms with Gasteiger partial charge in [-0.2, -0.15) is 18.2 Å². The van der Waals surface area contributed by atoms with Crippen molar-refractivity contribution >= 4 is 28.5 Å². The lowest BCUT2D eigenvalue weighted by molar-refractivity contribution is -0.137. The Kier molecular flexibility index (Phi) is 7.44. The Balaban J connectivity index is 1.80. The fourth-order valence-corrected chi connectivity index (χ4v) is 6.06. The maximum atomic E-state index is 14.6. The number of alkyl halides is 3. The van der Waals surface area contributed by atoms with Crippen molar-refractivity contribution < 1.29 is 27.0 Å². The molecule has 0 saturated carbocycles. The summed E-state index contributed by atoms with van der Waals surface area (Å²) in [5, 5.41) is 3.47. The Morgan fingerprint density at radius 2 is 1.89 bits per heavy atom. The molecular weight excluding hydrogens is 512 g/mol. The molecule has 5 rings (SSSR count). The molecule has 2 aliphatic heterocycles. The van der Waals surface area contributed by atoms with E-state index in [-0.39, 0.29) is 35.5 Å². The van der Waals surface area contributed by atoms with Gasteiger partial charge >= 0.3 is 11.9 Å². The van der Waals surface area contributed by atoms with Crippen molar-refractivity contribution in [1.29, 1.82) is 0 Å². The topological polar surface area (TPSA) is 68.6 Å². The van der Waals surface area contributed by atoms with E-state index in [0.717, 1.165) is 18.2 Å². The van der Waals surface area contributed by atoms with Crippen molar-refractivity contribution in [2.24, 2.45) is 0 Å². The summed E-state index contributed by atoms with van der Waals surface area (Å²) >= 11 is 1.21. The van der Waals surface area contributed by atoms with E-state index >= 15 is 0 Å². The van der Waals surface area contributed by atoms with Gasteiger partial charge in [-0.1, -0.05) is 12.1 Å². The zero-order valence-electron chi connectivity index (χ0n) is 20.1. The molecule has 2 aromatic carbocycles. The van der Waals surface area contributed by atoms with Gasteiger partial charge in [-0.3, -0.25) is 4.57 Å². The number of thioether (sulfide) groups is 1. The summed E-state index contributed by atoms with van der Waals surface area (Å²) < 4.78 is 69.8. The highest BCUT2D eigenvalue weighted by Gasteiger charge is 2.38. The molecule has 0 aliphatic carbocycles. The summed E-state index contributed by atoms with van der Waals surface area (Å²) in [6.45, 7) is 3.04. The fourth-order valence-electron chi connectivity index (χ4n) is 4.78. The lowest BCUT2D eigenvalue weighted by atomic mass is 9.96. The molecule has 0 radical (unpaired) electrons. The molecule has 0 spiro atoms. The standard InChI is InChI=1S/C25H26F4N4O3S/c1-35-10-11-36-17-13-33-21-18(23(31-24(33)34)32-8-6-30-7-9-32)12-19(25(27,28)29)20(22(21)37-14-17)15-2-4-16(26)5-3-15/h2-5,12,17,30H,6-11,13-14H2,1H3/t17-/m1/s1. The number of benzene rings is 2. The number of ether oxygens (including phenoxy) is 2. The first-order valence-electron chi connectivity index (χ1n) is 11.9. The minimum Gasteiger partial charge on any atom is -0.382 e. The summed E-state index contributed by atoms with van der Waals surface area (Å²) in [7, 11) is 1.54. The van der Waals surface area contributed by atoms with E-state index in [2.05, 4.69) is 10.3 Å². The average Bonchev–Trinajstić information content (AvgIpc) is 3.07. The zero-order chi connectivity index (χ0) is 26.2. The van der Waals surface area contributed by atoms with Crippen LogP contribution in [0.4, 0.5) is 23.4 Å². The van der Waals surface area contributed by atoms with Crippen LogP contribution in [0.3, 0.4) is 0 Å². The summed E-state index contributed by atoms with van der Waals surface area (Å²) in [5.74, 6) is 0.0122. The first-order chi connectivity index (χ1) is 17.8. The Labute approximate surface area is 214 Å². The highest BCUT2D eigenvalue weighted by atomic mass is 32.2. The molecule has 0 bridgehead atoms. The number of nitrogens with zero attached hydrogens (tertiary/aromatic N) is 3. The van der Waals surface area contributed by atoms with E-state index in [9.17, 15) is 22.4 Å². The summed E-state index contributed by atoms with van der Waals surface area (Å²) in [6.07, 6.45) is -5.15. The predicted molar refractivity (Wildman–Crippen MR) is 134 cm³/mol. The van der Waals surface area contributed by atoms with Crippen LogP contribution in [0, 0.1) is 5.82 Å². The van der Waals surface area contributed by atoms with Gasteiger partial charge in [-0.25, -0.2) is 9.18 Å². The first kappa shape index (κ1) is 26.0. The van der Waals surface area contributed by atoms with Gasteiger partial charge in [0.2, 0.25) is 0 Å². The quantitative estimate of drug-likeness (QED) is 0.379. The minimum atomic E-state index is -4.70. The number of rotatable bonds is 6. The largest absolute Gasteiger partial charge is 0.417 e. The van der Waals surface area contributed by atoms with Crippen LogP contribution in [-0.2, 0) is 22.2 Å². The van der Waals surface area contributed by atoms with Crippen LogP contribution in [0.15, 0.2) is 40.0 Å². The summed E-state index contributed by atoms with van der Waals surface area (Å²) in [4.78, 5) is 19.8. The molecule has 0 unspecified atom stereocenters. The molecule has 1 fully saturated rings. The van der Waals surface area contributed by atoms with Crippen molar-refractivity contribution in [2.45, 2.75) is 23.7 Å². The summed E-state index contributed by atoms with van der Waals surface area (Å²) in [5.41, 5.74) is -0.862. The van der Waals surface area contributed by atoms with Crippen LogP contribution in [0.25, 0.3) is 22.0 Å². The number of aromatic nitrogens is 2. The summed E-state index contributed by atoms with van der Waals surface area (Å²) in [6, 6.07) is 6.03. The van der Waals surface area contributed by atoms with Gasteiger partial charge in [-0.15, -0.1) is 11.8 Å². The third kappa shape index (κ3) is 5.20. The van der Waals surface area contributed by atoms with Gasteiger partial charge in [0.1, 0.15) is 11.6 Å². The number of piperazine rings is 1. The molecule has 1 saturated heterocycles. The molecule has 0 amide bonds. The molecule has 3 heterocycles. The second kappa shape index (κ2) is 10.6. The molecule has 1 N–H and O–H groups in total. The van der Waals surface area contributed by atoms with Crippen LogP contribution < -0.4 is 15.9 Å². The van der Waals surface area contributed by atoms with E-state index < -0.39 is 29.4 Å². The molecular formula is C25H26F4N4O3S. The van der Waals surface area contributed by atoms with Crippen LogP contribution >= 0.6 is 11.8 Å². The van der Waals surface area contributed by atoms with Gasteiger partial charge in [0.15, 0.2) is 0 Å². The van der Waals surface area contributed by atoms with E-state index in [1.165, 1.54) is 28.5 Å². The van der Waals surface area contributed by atoms with Crippen LogP contribution in [0.1, 0.15) is 5.56 Å². The maximum Gasteiger partial charge on any atom is 0.417 e. The molecule has 198 valence electrons. The number of hydrogen-bond acceptors (Lipinski definition) is 7. The second-order valence-corrected chi connectivity index (χ2v) is 9.92. The van der Waals surface area contributed by atoms with E-state index in [1.54, 1.807) is 7.11 Å². The average molecular weight is 539 g/mol. The number of hydrogen-bond donors (Lipinski definition) is 1. The highest BCUT2D eigenvalue weighted by molar-refractivity contribution is 7.99. The lowest BCUT2D eigenvalue weighted by Gasteiger charge is -2.30. The molecule has 12 heteroatoms. The number of halogens is 4. The Morgan fingerprint density at radius 3 is 2.57 bits per heavy atom. The fraction of sp³-hybridized carbons (Fsp3) is 0.440. The number of anilines is 1. The van der Waals surface area contributed by atoms with Crippen molar-refractivity contribution in [3.05, 3.63) is 52.2 Å². The zero-order valence-corrected chi connectivity index (χ0v) is 20.9.